The SMILES string of the molecule is CCC(NC(=O)CCCOc1ccc(S(C)(=O)=O)cc1)c1cccc(Cl)c1. The van der Waals surface area contributed by atoms with E-state index in [1.807, 2.05) is 25.1 Å². The van der Waals surface area contributed by atoms with E-state index in [4.69, 9.17) is 16.3 Å². The lowest BCUT2D eigenvalue weighted by Gasteiger charge is -2.18. The Morgan fingerprint density at radius 3 is 2.48 bits per heavy atom. The van der Waals surface area contributed by atoms with Crippen molar-refractivity contribution in [3.8, 4) is 5.75 Å². The van der Waals surface area contributed by atoms with Crippen LogP contribution >= 0.6 is 11.6 Å². The van der Waals surface area contributed by atoms with Gasteiger partial charge in [0.15, 0.2) is 9.84 Å². The molecule has 27 heavy (non-hydrogen) atoms. The van der Waals surface area contributed by atoms with Crippen molar-refractivity contribution in [2.75, 3.05) is 12.9 Å². The van der Waals surface area contributed by atoms with E-state index in [1.54, 1.807) is 18.2 Å². The summed E-state index contributed by atoms with van der Waals surface area (Å²) in [4.78, 5) is 12.4. The smallest absolute Gasteiger partial charge is 0.220 e. The van der Waals surface area contributed by atoms with Gasteiger partial charge < -0.3 is 10.1 Å². The summed E-state index contributed by atoms with van der Waals surface area (Å²) >= 11 is 6.02. The largest absolute Gasteiger partial charge is 0.494 e. The fourth-order valence-corrected chi connectivity index (χ4v) is 3.45. The van der Waals surface area contributed by atoms with Gasteiger partial charge in [0.1, 0.15) is 5.75 Å². The average molecular weight is 410 g/mol. The van der Waals surface area contributed by atoms with Crippen LogP contribution in [0, 0.1) is 0 Å². The van der Waals surface area contributed by atoms with Gasteiger partial charge in [0, 0.05) is 17.7 Å². The molecule has 1 N–H and O–H groups in total. The van der Waals surface area contributed by atoms with E-state index >= 15 is 0 Å². The molecule has 0 fully saturated rings. The molecule has 0 saturated heterocycles. The number of amides is 1. The Bertz CT molecular complexity index is 866. The third-order valence-electron chi connectivity index (χ3n) is 4.06. The van der Waals surface area contributed by atoms with E-state index in [2.05, 4.69) is 5.32 Å². The molecule has 0 bridgehead atoms. The quantitative estimate of drug-likeness (QED) is 0.631. The maximum absolute atomic E-state index is 12.2. The lowest BCUT2D eigenvalue weighted by Crippen LogP contribution is -2.28. The number of halogens is 1. The van der Waals surface area contributed by atoms with Crippen molar-refractivity contribution in [2.45, 2.75) is 37.1 Å². The summed E-state index contributed by atoms with van der Waals surface area (Å²) in [7, 11) is -3.21. The van der Waals surface area contributed by atoms with E-state index in [1.165, 1.54) is 12.1 Å². The molecule has 2 rings (SSSR count). The Morgan fingerprint density at radius 1 is 1.19 bits per heavy atom. The Hall–Kier alpha value is -2.05. The number of hydrogen-bond acceptors (Lipinski definition) is 4. The minimum atomic E-state index is -3.21. The number of benzene rings is 2. The number of hydrogen-bond donors (Lipinski definition) is 1. The lowest BCUT2D eigenvalue weighted by molar-refractivity contribution is -0.122. The standard InChI is InChI=1S/C20H24ClNO4S/c1-3-19(15-6-4-7-16(21)14-15)22-20(23)8-5-13-26-17-9-11-18(12-10-17)27(2,24)25/h4,6-7,9-12,14,19H,3,5,8,13H2,1-2H3,(H,22,23). The predicted molar refractivity (Wildman–Crippen MR) is 107 cm³/mol. The molecule has 0 saturated carbocycles. The maximum Gasteiger partial charge on any atom is 0.220 e. The van der Waals surface area contributed by atoms with Gasteiger partial charge in [-0.05, 0) is 54.8 Å². The summed E-state index contributed by atoms with van der Waals surface area (Å²) in [5.41, 5.74) is 0.987. The van der Waals surface area contributed by atoms with Crippen LogP contribution < -0.4 is 10.1 Å². The van der Waals surface area contributed by atoms with Crippen LogP contribution in [0.4, 0.5) is 0 Å². The molecule has 1 amide bonds. The first-order chi connectivity index (χ1) is 12.8. The van der Waals surface area contributed by atoms with Crippen LogP contribution in [-0.2, 0) is 14.6 Å². The molecule has 0 aliphatic carbocycles. The minimum Gasteiger partial charge on any atom is -0.494 e. The van der Waals surface area contributed by atoms with Gasteiger partial charge in [-0.1, -0.05) is 30.7 Å². The molecular weight excluding hydrogens is 386 g/mol. The number of nitrogens with one attached hydrogen (secondary N) is 1. The van der Waals surface area contributed by atoms with E-state index in [9.17, 15) is 13.2 Å². The normalized spacial score (nSPS) is 12.4. The molecule has 7 heteroatoms. The molecule has 1 atom stereocenters. The zero-order valence-corrected chi connectivity index (χ0v) is 17.0. The van der Waals surface area contributed by atoms with E-state index < -0.39 is 9.84 Å². The van der Waals surface area contributed by atoms with Crippen molar-refractivity contribution in [1.29, 1.82) is 0 Å². The van der Waals surface area contributed by atoms with E-state index in [-0.39, 0.29) is 16.8 Å². The topological polar surface area (TPSA) is 72.5 Å². The zero-order valence-electron chi connectivity index (χ0n) is 15.4. The van der Waals surface area contributed by atoms with Crippen molar-refractivity contribution in [3.63, 3.8) is 0 Å². The van der Waals surface area contributed by atoms with E-state index in [0.717, 1.165) is 18.2 Å². The van der Waals surface area contributed by atoms with Gasteiger partial charge in [-0.25, -0.2) is 8.42 Å². The van der Waals surface area contributed by atoms with Crippen LogP contribution in [0.3, 0.4) is 0 Å². The first-order valence-corrected chi connectivity index (χ1v) is 11.0. The van der Waals surface area contributed by atoms with Crippen LogP contribution in [0.25, 0.3) is 0 Å². The number of carbonyl (C=O) groups is 1. The molecule has 0 radical (unpaired) electrons. The zero-order chi connectivity index (χ0) is 19.9. The predicted octanol–water partition coefficient (Wildman–Crippen LogP) is 4.17. The first-order valence-electron chi connectivity index (χ1n) is 8.77. The summed E-state index contributed by atoms with van der Waals surface area (Å²) < 4.78 is 28.4. The Balaban J connectivity index is 1.77. The third kappa shape index (κ3) is 6.88. The second kappa shape index (κ2) is 9.76. The molecule has 146 valence electrons. The molecule has 1 unspecified atom stereocenters. The highest BCUT2D eigenvalue weighted by atomic mass is 35.5. The fraction of sp³-hybridized carbons (Fsp3) is 0.350. The molecular formula is C20H24ClNO4S. The number of rotatable bonds is 9. The molecule has 2 aromatic carbocycles. The second-order valence-electron chi connectivity index (χ2n) is 6.28. The Kier molecular flexibility index (Phi) is 7.68. The number of ether oxygens (including phenoxy) is 1. The van der Waals surface area contributed by atoms with Crippen molar-refractivity contribution < 1.29 is 17.9 Å². The van der Waals surface area contributed by atoms with Gasteiger partial charge in [-0.2, -0.15) is 0 Å². The Labute approximate surface area is 165 Å². The van der Waals surface area contributed by atoms with Crippen molar-refractivity contribution in [2.24, 2.45) is 0 Å². The third-order valence-corrected chi connectivity index (χ3v) is 5.43. The molecule has 0 aromatic heterocycles. The average Bonchev–Trinajstić information content (AvgIpc) is 2.63. The molecule has 0 heterocycles. The van der Waals surface area contributed by atoms with Crippen LogP contribution in [0.2, 0.25) is 5.02 Å². The van der Waals surface area contributed by atoms with E-state index in [0.29, 0.717) is 30.2 Å². The van der Waals surface area contributed by atoms with Gasteiger partial charge in [0.05, 0.1) is 17.5 Å². The highest BCUT2D eigenvalue weighted by molar-refractivity contribution is 7.90. The molecule has 0 spiro atoms. The summed E-state index contributed by atoms with van der Waals surface area (Å²) in [6.07, 6.45) is 2.84. The summed E-state index contributed by atoms with van der Waals surface area (Å²) in [6.45, 7) is 2.38. The molecule has 0 aliphatic heterocycles. The highest BCUT2D eigenvalue weighted by Crippen LogP contribution is 2.20. The van der Waals surface area contributed by atoms with Gasteiger partial charge >= 0.3 is 0 Å². The second-order valence-corrected chi connectivity index (χ2v) is 8.73. The van der Waals surface area contributed by atoms with Gasteiger partial charge in [-0.3, -0.25) is 4.79 Å². The highest BCUT2D eigenvalue weighted by Gasteiger charge is 2.13. The van der Waals surface area contributed by atoms with Gasteiger partial charge in [-0.15, -0.1) is 0 Å². The Morgan fingerprint density at radius 2 is 1.89 bits per heavy atom. The van der Waals surface area contributed by atoms with Gasteiger partial charge in [0.25, 0.3) is 0 Å². The lowest BCUT2D eigenvalue weighted by atomic mass is 10.0. The number of sulfone groups is 1. The van der Waals surface area contributed by atoms with Crippen LogP contribution in [0.5, 0.6) is 5.75 Å². The monoisotopic (exact) mass is 409 g/mol. The number of carbonyl (C=O) groups excluding carboxylic acids is 1. The molecule has 2 aromatic rings. The van der Waals surface area contributed by atoms with Crippen LogP contribution in [-0.4, -0.2) is 27.2 Å². The summed E-state index contributed by atoms with van der Waals surface area (Å²) in [5, 5.41) is 3.66. The summed E-state index contributed by atoms with van der Waals surface area (Å²) in [6, 6.07) is 13.7. The molecule has 5 nitrogen and oxygen atoms in total. The summed E-state index contributed by atoms with van der Waals surface area (Å²) in [5.74, 6) is 0.533. The van der Waals surface area contributed by atoms with Crippen LogP contribution in [0.15, 0.2) is 53.4 Å². The van der Waals surface area contributed by atoms with Crippen LogP contribution in [0.1, 0.15) is 37.8 Å². The van der Waals surface area contributed by atoms with Crippen molar-refractivity contribution in [1.82, 2.24) is 5.32 Å². The molecule has 0 aliphatic rings. The van der Waals surface area contributed by atoms with Gasteiger partial charge in [0.2, 0.25) is 5.91 Å². The van der Waals surface area contributed by atoms with Crippen molar-refractivity contribution >= 4 is 27.3 Å². The fourth-order valence-electron chi connectivity index (χ4n) is 2.62. The first kappa shape index (κ1) is 21.3. The minimum absolute atomic E-state index is 0.0437. The van der Waals surface area contributed by atoms with Crippen molar-refractivity contribution in [3.05, 3.63) is 59.1 Å². The maximum atomic E-state index is 12.2.